The second-order valence-corrected chi connectivity index (χ2v) is 4.32. The van der Waals surface area contributed by atoms with E-state index in [2.05, 4.69) is 17.1 Å². The van der Waals surface area contributed by atoms with Gasteiger partial charge in [-0.2, -0.15) is 0 Å². The molecule has 0 amide bonds. The lowest BCUT2D eigenvalue weighted by molar-refractivity contribution is -0.145. The third-order valence-electron chi connectivity index (χ3n) is 3.13. The van der Waals surface area contributed by atoms with Crippen molar-refractivity contribution in [1.29, 1.82) is 0 Å². The van der Waals surface area contributed by atoms with Gasteiger partial charge in [0.15, 0.2) is 0 Å². The van der Waals surface area contributed by atoms with E-state index >= 15 is 0 Å². The van der Waals surface area contributed by atoms with E-state index in [0.29, 0.717) is 0 Å². The molecule has 0 saturated heterocycles. The summed E-state index contributed by atoms with van der Waals surface area (Å²) >= 11 is 0. The van der Waals surface area contributed by atoms with E-state index < -0.39 is 0 Å². The van der Waals surface area contributed by atoms with Crippen molar-refractivity contribution >= 4 is 16.9 Å². The summed E-state index contributed by atoms with van der Waals surface area (Å²) in [7, 11) is 1.44. The zero-order chi connectivity index (χ0) is 12.3. The number of benzene rings is 1. The molecule has 1 atom stereocenters. The molecule has 0 unspecified atom stereocenters. The Morgan fingerprint density at radius 1 is 1.41 bits per heavy atom. The SMILES string of the molecule is COC(=O)[C@H](C)CCc1c[nH]c2ccccc12. The second kappa shape index (κ2) is 5.04. The highest BCUT2D eigenvalue weighted by molar-refractivity contribution is 5.83. The van der Waals surface area contributed by atoms with Crippen LogP contribution in [0.15, 0.2) is 30.5 Å². The number of aromatic amines is 1. The Labute approximate surface area is 101 Å². The van der Waals surface area contributed by atoms with Gasteiger partial charge in [0.2, 0.25) is 0 Å². The molecule has 0 aliphatic carbocycles. The van der Waals surface area contributed by atoms with Crippen LogP contribution in [0.3, 0.4) is 0 Å². The van der Waals surface area contributed by atoms with Crippen LogP contribution < -0.4 is 0 Å². The maximum atomic E-state index is 11.3. The van der Waals surface area contributed by atoms with E-state index in [1.165, 1.54) is 18.1 Å². The molecular formula is C14H17NO2. The monoisotopic (exact) mass is 231 g/mol. The first-order valence-corrected chi connectivity index (χ1v) is 5.85. The largest absolute Gasteiger partial charge is 0.469 e. The summed E-state index contributed by atoms with van der Waals surface area (Å²) in [6.07, 6.45) is 3.73. The van der Waals surface area contributed by atoms with Crippen LogP contribution in [0, 0.1) is 5.92 Å². The zero-order valence-corrected chi connectivity index (χ0v) is 10.2. The van der Waals surface area contributed by atoms with Crippen LogP contribution in [0.4, 0.5) is 0 Å². The fraction of sp³-hybridized carbons (Fsp3) is 0.357. The summed E-state index contributed by atoms with van der Waals surface area (Å²) < 4.78 is 4.72. The van der Waals surface area contributed by atoms with Gasteiger partial charge in [-0.25, -0.2) is 0 Å². The standard InChI is InChI=1S/C14H17NO2/c1-10(14(16)17-2)7-8-11-9-15-13-6-4-3-5-12(11)13/h3-6,9-10,15H,7-8H2,1-2H3/t10-/m1/s1. The van der Waals surface area contributed by atoms with E-state index in [1.54, 1.807) is 0 Å². The van der Waals surface area contributed by atoms with Crippen LogP contribution in [0.25, 0.3) is 10.9 Å². The molecule has 0 fully saturated rings. The molecule has 0 aliphatic heterocycles. The number of ether oxygens (including phenoxy) is 1. The summed E-state index contributed by atoms with van der Waals surface area (Å²) in [6.45, 7) is 1.90. The van der Waals surface area contributed by atoms with Crippen LogP contribution in [0.2, 0.25) is 0 Å². The van der Waals surface area contributed by atoms with Gasteiger partial charge < -0.3 is 9.72 Å². The van der Waals surface area contributed by atoms with Crippen LogP contribution in [0.5, 0.6) is 0 Å². The van der Waals surface area contributed by atoms with Crippen LogP contribution in [-0.2, 0) is 16.0 Å². The Hall–Kier alpha value is -1.77. The molecule has 0 radical (unpaired) electrons. The quantitative estimate of drug-likeness (QED) is 0.822. The van der Waals surface area contributed by atoms with E-state index in [4.69, 9.17) is 4.74 Å². The topological polar surface area (TPSA) is 42.1 Å². The van der Waals surface area contributed by atoms with Crippen molar-refractivity contribution < 1.29 is 9.53 Å². The molecular weight excluding hydrogens is 214 g/mol. The van der Waals surface area contributed by atoms with Crippen LogP contribution >= 0.6 is 0 Å². The van der Waals surface area contributed by atoms with Gasteiger partial charge in [0.1, 0.15) is 0 Å². The number of hydrogen-bond donors (Lipinski definition) is 1. The number of rotatable bonds is 4. The van der Waals surface area contributed by atoms with Crippen molar-refractivity contribution in [2.45, 2.75) is 19.8 Å². The minimum Gasteiger partial charge on any atom is -0.469 e. The maximum Gasteiger partial charge on any atom is 0.308 e. The number of aryl methyl sites for hydroxylation is 1. The fourth-order valence-corrected chi connectivity index (χ4v) is 2.03. The van der Waals surface area contributed by atoms with Crippen LogP contribution in [0.1, 0.15) is 18.9 Å². The number of carbonyl (C=O) groups is 1. The Kier molecular flexibility index (Phi) is 3.47. The van der Waals surface area contributed by atoms with Crippen molar-refractivity contribution in [2.24, 2.45) is 5.92 Å². The first-order chi connectivity index (χ1) is 8.22. The molecule has 17 heavy (non-hydrogen) atoms. The molecule has 1 aromatic heterocycles. The lowest BCUT2D eigenvalue weighted by Crippen LogP contribution is -2.13. The number of nitrogens with one attached hydrogen (secondary N) is 1. The van der Waals surface area contributed by atoms with Gasteiger partial charge in [0.25, 0.3) is 0 Å². The number of H-pyrrole nitrogens is 1. The van der Waals surface area contributed by atoms with Gasteiger partial charge in [0.05, 0.1) is 13.0 Å². The molecule has 0 bridgehead atoms. The molecule has 3 heteroatoms. The molecule has 2 aromatic rings. The van der Waals surface area contributed by atoms with Gasteiger partial charge in [-0.1, -0.05) is 25.1 Å². The number of fused-ring (bicyclic) bond motifs is 1. The van der Waals surface area contributed by atoms with E-state index in [0.717, 1.165) is 18.4 Å². The van der Waals surface area contributed by atoms with Gasteiger partial charge in [-0.05, 0) is 24.5 Å². The van der Waals surface area contributed by atoms with E-state index in [1.807, 2.05) is 25.3 Å². The summed E-state index contributed by atoms with van der Waals surface area (Å²) in [6, 6.07) is 8.20. The van der Waals surface area contributed by atoms with Crippen LogP contribution in [-0.4, -0.2) is 18.1 Å². The third-order valence-corrected chi connectivity index (χ3v) is 3.13. The number of carbonyl (C=O) groups excluding carboxylic acids is 1. The first kappa shape index (κ1) is 11.7. The van der Waals surface area contributed by atoms with Crippen molar-refractivity contribution in [3.05, 3.63) is 36.0 Å². The summed E-state index contributed by atoms with van der Waals surface area (Å²) in [4.78, 5) is 14.5. The average molecular weight is 231 g/mol. The Morgan fingerprint density at radius 3 is 2.94 bits per heavy atom. The van der Waals surface area contributed by atoms with E-state index in [-0.39, 0.29) is 11.9 Å². The molecule has 1 N–H and O–H groups in total. The summed E-state index contributed by atoms with van der Waals surface area (Å²) in [5.74, 6) is -0.182. The minimum atomic E-state index is -0.134. The average Bonchev–Trinajstić information content (AvgIpc) is 2.78. The number of aromatic nitrogens is 1. The maximum absolute atomic E-state index is 11.3. The van der Waals surface area contributed by atoms with Gasteiger partial charge in [-0.15, -0.1) is 0 Å². The highest BCUT2D eigenvalue weighted by Crippen LogP contribution is 2.20. The van der Waals surface area contributed by atoms with Crippen molar-refractivity contribution in [3.63, 3.8) is 0 Å². The minimum absolute atomic E-state index is 0.0475. The molecule has 2 rings (SSSR count). The molecule has 0 spiro atoms. The second-order valence-electron chi connectivity index (χ2n) is 4.32. The van der Waals surface area contributed by atoms with Crippen molar-refractivity contribution in [1.82, 2.24) is 4.98 Å². The molecule has 0 aliphatic rings. The zero-order valence-electron chi connectivity index (χ0n) is 10.2. The number of hydrogen-bond acceptors (Lipinski definition) is 2. The predicted octanol–water partition coefficient (Wildman–Crippen LogP) is 2.91. The smallest absolute Gasteiger partial charge is 0.308 e. The van der Waals surface area contributed by atoms with Gasteiger partial charge in [0, 0.05) is 17.1 Å². The highest BCUT2D eigenvalue weighted by Gasteiger charge is 2.13. The molecule has 0 saturated carbocycles. The Balaban J connectivity index is 2.07. The van der Waals surface area contributed by atoms with Crippen molar-refractivity contribution in [2.75, 3.05) is 7.11 Å². The normalized spacial score (nSPS) is 12.6. The summed E-state index contributed by atoms with van der Waals surface area (Å²) in [5.41, 5.74) is 2.41. The molecule has 3 nitrogen and oxygen atoms in total. The lowest BCUT2D eigenvalue weighted by atomic mass is 10.0. The first-order valence-electron chi connectivity index (χ1n) is 5.85. The van der Waals surface area contributed by atoms with Crippen molar-refractivity contribution in [3.8, 4) is 0 Å². The fourth-order valence-electron chi connectivity index (χ4n) is 2.03. The molecule has 1 aromatic carbocycles. The Bertz CT molecular complexity index is 516. The summed E-state index contributed by atoms with van der Waals surface area (Å²) in [5, 5.41) is 1.24. The number of esters is 1. The molecule has 90 valence electrons. The van der Waals surface area contributed by atoms with E-state index in [9.17, 15) is 4.79 Å². The Morgan fingerprint density at radius 2 is 2.18 bits per heavy atom. The molecule has 1 heterocycles. The number of para-hydroxylation sites is 1. The number of methoxy groups -OCH3 is 1. The lowest BCUT2D eigenvalue weighted by Gasteiger charge is -2.07. The third kappa shape index (κ3) is 2.49. The highest BCUT2D eigenvalue weighted by atomic mass is 16.5. The van der Waals surface area contributed by atoms with Gasteiger partial charge >= 0.3 is 5.97 Å². The predicted molar refractivity (Wildman–Crippen MR) is 67.8 cm³/mol. The van der Waals surface area contributed by atoms with Gasteiger partial charge in [-0.3, -0.25) is 4.79 Å².